The van der Waals surface area contributed by atoms with Crippen LogP contribution in [0, 0.1) is 0 Å². The van der Waals surface area contributed by atoms with E-state index in [1.807, 2.05) is 30.1 Å². The number of amides is 2. The van der Waals surface area contributed by atoms with Gasteiger partial charge < -0.3 is 29.0 Å². The van der Waals surface area contributed by atoms with Crippen molar-refractivity contribution in [2.24, 2.45) is 7.05 Å². The van der Waals surface area contributed by atoms with Gasteiger partial charge in [0.1, 0.15) is 11.9 Å². The maximum absolute atomic E-state index is 12.5. The van der Waals surface area contributed by atoms with E-state index < -0.39 is 6.10 Å². The van der Waals surface area contributed by atoms with Crippen LogP contribution in [0.5, 0.6) is 0 Å². The molecule has 2 atom stereocenters. The zero-order valence-corrected chi connectivity index (χ0v) is 13.7. The van der Waals surface area contributed by atoms with Gasteiger partial charge in [0.05, 0.1) is 25.5 Å². The molecule has 2 aromatic heterocycles. The molecule has 3 rings (SSSR count). The fraction of sp³-hybridized carbons (Fsp3) is 0.471. The maximum atomic E-state index is 12.5. The van der Waals surface area contributed by atoms with Crippen LogP contribution >= 0.6 is 0 Å². The lowest BCUT2D eigenvalue weighted by Crippen LogP contribution is -2.52. The van der Waals surface area contributed by atoms with Crippen LogP contribution in [0.25, 0.3) is 0 Å². The molecule has 1 aliphatic heterocycles. The van der Waals surface area contributed by atoms with Crippen molar-refractivity contribution in [1.82, 2.24) is 14.8 Å². The van der Waals surface area contributed by atoms with Crippen LogP contribution < -0.4 is 5.32 Å². The summed E-state index contributed by atoms with van der Waals surface area (Å²) >= 11 is 0. The number of hydrogen-bond acceptors (Lipinski definition) is 4. The van der Waals surface area contributed by atoms with Gasteiger partial charge >= 0.3 is 6.03 Å². The highest BCUT2D eigenvalue weighted by atomic mass is 16.5. The van der Waals surface area contributed by atoms with Gasteiger partial charge in [-0.2, -0.15) is 0 Å². The molecule has 0 bridgehead atoms. The van der Waals surface area contributed by atoms with Crippen LogP contribution in [-0.4, -0.2) is 46.4 Å². The minimum Gasteiger partial charge on any atom is -0.467 e. The number of urea groups is 1. The second-order valence-corrected chi connectivity index (χ2v) is 6.03. The molecule has 7 heteroatoms. The van der Waals surface area contributed by atoms with Crippen LogP contribution in [-0.2, 0) is 18.3 Å². The van der Waals surface area contributed by atoms with Crippen molar-refractivity contribution in [3.05, 3.63) is 48.2 Å². The number of aliphatic hydroxyl groups is 1. The molecule has 3 heterocycles. The Morgan fingerprint density at radius 2 is 2.38 bits per heavy atom. The summed E-state index contributed by atoms with van der Waals surface area (Å²) < 4.78 is 12.7. The van der Waals surface area contributed by atoms with E-state index in [0.717, 1.165) is 5.56 Å². The van der Waals surface area contributed by atoms with Crippen LogP contribution in [0.1, 0.15) is 23.8 Å². The number of rotatable bonds is 5. The third-order valence-electron chi connectivity index (χ3n) is 4.19. The van der Waals surface area contributed by atoms with E-state index in [1.165, 1.54) is 6.26 Å². The van der Waals surface area contributed by atoms with Crippen molar-refractivity contribution >= 4 is 6.03 Å². The molecular formula is C17H23N3O4. The molecule has 2 N–H and O–H groups in total. The molecule has 1 aliphatic rings. The fourth-order valence-corrected chi connectivity index (χ4v) is 2.92. The minimum absolute atomic E-state index is 0.140. The highest BCUT2D eigenvalue weighted by Gasteiger charge is 2.30. The number of aromatic nitrogens is 1. The van der Waals surface area contributed by atoms with Crippen molar-refractivity contribution < 1.29 is 19.1 Å². The Balaban J connectivity index is 1.57. The van der Waals surface area contributed by atoms with Crippen molar-refractivity contribution in [2.75, 3.05) is 19.8 Å². The second-order valence-electron chi connectivity index (χ2n) is 6.03. The standard InChI is InChI=1S/C17H23N3O4/c1-19-5-4-13(11-19)10-18-17(22)20-6-8-23-12-14(20)9-15(21)16-3-2-7-24-16/h2-5,7,11,14-15,21H,6,8-10,12H2,1H3,(H,18,22)/t14-,15-/m1/s1. The first-order valence-corrected chi connectivity index (χ1v) is 8.08. The predicted octanol–water partition coefficient (Wildman–Crippen LogP) is 1.65. The molecule has 24 heavy (non-hydrogen) atoms. The summed E-state index contributed by atoms with van der Waals surface area (Å²) in [6.07, 6.45) is 5.07. The van der Waals surface area contributed by atoms with Gasteiger partial charge in [-0.1, -0.05) is 0 Å². The quantitative estimate of drug-likeness (QED) is 0.872. The lowest BCUT2D eigenvalue weighted by Gasteiger charge is -2.36. The Bertz CT molecular complexity index is 653. The molecular weight excluding hydrogens is 310 g/mol. The molecule has 0 unspecified atom stereocenters. The van der Waals surface area contributed by atoms with Crippen molar-refractivity contribution in [3.8, 4) is 0 Å². The number of ether oxygens (including phenoxy) is 1. The molecule has 130 valence electrons. The zero-order chi connectivity index (χ0) is 16.9. The van der Waals surface area contributed by atoms with Gasteiger partial charge in [-0.3, -0.25) is 0 Å². The molecule has 0 radical (unpaired) electrons. The largest absolute Gasteiger partial charge is 0.467 e. The highest BCUT2D eigenvalue weighted by molar-refractivity contribution is 5.74. The van der Waals surface area contributed by atoms with Crippen LogP contribution in [0.15, 0.2) is 41.3 Å². The Morgan fingerprint density at radius 1 is 1.50 bits per heavy atom. The van der Waals surface area contributed by atoms with E-state index in [2.05, 4.69) is 5.32 Å². The maximum Gasteiger partial charge on any atom is 0.318 e. The summed E-state index contributed by atoms with van der Waals surface area (Å²) in [4.78, 5) is 14.2. The number of morpholine rings is 1. The van der Waals surface area contributed by atoms with Gasteiger partial charge in [-0.15, -0.1) is 0 Å². The van der Waals surface area contributed by atoms with E-state index in [1.54, 1.807) is 17.0 Å². The van der Waals surface area contributed by atoms with Gasteiger partial charge in [0.2, 0.25) is 0 Å². The number of carbonyl (C=O) groups is 1. The Hall–Kier alpha value is -2.25. The van der Waals surface area contributed by atoms with E-state index in [0.29, 0.717) is 38.5 Å². The predicted molar refractivity (Wildman–Crippen MR) is 87.2 cm³/mol. The summed E-state index contributed by atoms with van der Waals surface area (Å²) in [5, 5.41) is 13.2. The van der Waals surface area contributed by atoms with Crippen LogP contribution in [0.4, 0.5) is 4.79 Å². The molecule has 7 nitrogen and oxygen atoms in total. The van der Waals surface area contributed by atoms with E-state index >= 15 is 0 Å². The van der Waals surface area contributed by atoms with Crippen molar-refractivity contribution in [1.29, 1.82) is 0 Å². The SMILES string of the molecule is Cn1ccc(CNC(=O)N2CCOC[C@H]2C[C@@H](O)c2ccco2)c1. The zero-order valence-electron chi connectivity index (χ0n) is 13.7. The van der Waals surface area contributed by atoms with Crippen LogP contribution in [0.3, 0.4) is 0 Å². The molecule has 0 saturated carbocycles. The third kappa shape index (κ3) is 3.98. The van der Waals surface area contributed by atoms with Crippen LogP contribution in [0.2, 0.25) is 0 Å². The van der Waals surface area contributed by atoms with Gasteiger partial charge in [-0.25, -0.2) is 4.79 Å². The summed E-state index contributed by atoms with van der Waals surface area (Å²) in [7, 11) is 1.94. The lowest BCUT2D eigenvalue weighted by molar-refractivity contribution is -0.00974. The van der Waals surface area contributed by atoms with Gasteiger partial charge in [0, 0.05) is 39.0 Å². The van der Waals surface area contributed by atoms with E-state index in [9.17, 15) is 9.90 Å². The molecule has 0 aromatic carbocycles. The first-order chi connectivity index (χ1) is 11.6. The third-order valence-corrected chi connectivity index (χ3v) is 4.19. The number of carbonyl (C=O) groups excluding carboxylic acids is 1. The first-order valence-electron chi connectivity index (χ1n) is 8.08. The van der Waals surface area contributed by atoms with Crippen molar-refractivity contribution in [3.63, 3.8) is 0 Å². The molecule has 1 saturated heterocycles. The van der Waals surface area contributed by atoms with E-state index in [-0.39, 0.29) is 12.1 Å². The summed E-state index contributed by atoms with van der Waals surface area (Å²) in [6.45, 7) is 1.91. The number of nitrogens with zero attached hydrogens (tertiary/aromatic N) is 2. The monoisotopic (exact) mass is 333 g/mol. The number of aliphatic hydroxyl groups excluding tert-OH is 1. The van der Waals surface area contributed by atoms with Crippen molar-refractivity contribution in [2.45, 2.75) is 25.1 Å². The Labute approximate surface area is 140 Å². The average Bonchev–Trinajstić information content (AvgIpc) is 3.25. The topological polar surface area (TPSA) is 79.9 Å². The summed E-state index contributed by atoms with van der Waals surface area (Å²) in [5.74, 6) is 0.505. The highest BCUT2D eigenvalue weighted by Crippen LogP contribution is 2.23. The lowest BCUT2D eigenvalue weighted by atomic mass is 10.1. The summed E-state index contributed by atoms with van der Waals surface area (Å²) in [6, 6.07) is 5.11. The first kappa shape index (κ1) is 16.6. The minimum atomic E-state index is -0.754. The summed E-state index contributed by atoms with van der Waals surface area (Å²) in [5.41, 5.74) is 1.05. The number of aryl methyl sites for hydroxylation is 1. The Morgan fingerprint density at radius 3 is 3.08 bits per heavy atom. The van der Waals surface area contributed by atoms with E-state index in [4.69, 9.17) is 9.15 Å². The molecule has 0 spiro atoms. The molecule has 1 fully saturated rings. The average molecular weight is 333 g/mol. The number of furan rings is 1. The fourth-order valence-electron chi connectivity index (χ4n) is 2.92. The number of hydrogen-bond donors (Lipinski definition) is 2. The smallest absolute Gasteiger partial charge is 0.318 e. The molecule has 0 aliphatic carbocycles. The number of nitrogens with one attached hydrogen (secondary N) is 1. The van der Waals surface area contributed by atoms with Gasteiger partial charge in [0.15, 0.2) is 0 Å². The normalized spacial score (nSPS) is 19.2. The Kier molecular flexibility index (Phi) is 5.22. The van der Waals surface area contributed by atoms with Gasteiger partial charge in [0.25, 0.3) is 0 Å². The molecule has 2 amide bonds. The second kappa shape index (κ2) is 7.55. The molecule has 2 aromatic rings. The van der Waals surface area contributed by atoms with Gasteiger partial charge in [-0.05, 0) is 23.8 Å².